The van der Waals surface area contributed by atoms with Gasteiger partial charge in [0, 0.05) is 35.4 Å². The van der Waals surface area contributed by atoms with Gasteiger partial charge in [0.25, 0.3) is 5.91 Å². The van der Waals surface area contributed by atoms with Crippen LogP contribution in [0.25, 0.3) is 0 Å². The second-order valence-corrected chi connectivity index (χ2v) is 11.8. The number of halogens is 2. The Morgan fingerprint density at radius 1 is 0.952 bits per heavy atom. The first-order chi connectivity index (χ1) is 20.3. The first-order valence-corrected chi connectivity index (χ1v) is 15.2. The van der Waals surface area contributed by atoms with Crippen molar-refractivity contribution in [1.29, 1.82) is 0 Å². The van der Waals surface area contributed by atoms with E-state index < -0.39 is 5.54 Å². The van der Waals surface area contributed by atoms with Crippen LogP contribution in [0.4, 0.5) is 5.69 Å². The number of para-hydroxylation sites is 1. The molecule has 2 heterocycles. The number of carbonyl (C=O) groups excluding carboxylic acids is 3. The van der Waals surface area contributed by atoms with Crippen molar-refractivity contribution in [1.82, 2.24) is 15.1 Å². The quantitative estimate of drug-likeness (QED) is 0.348. The zero-order chi connectivity index (χ0) is 29.7. The van der Waals surface area contributed by atoms with Gasteiger partial charge in [0.15, 0.2) is 0 Å². The van der Waals surface area contributed by atoms with Crippen molar-refractivity contribution in [3.05, 3.63) is 100 Å². The molecule has 2 fully saturated rings. The van der Waals surface area contributed by atoms with Gasteiger partial charge < -0.3 is 20.0 Å². The summed E-state index contributed by atoms with van der Waals surface area (Å²) in [7, 11) is 0. The normalized spacial score (nSPS) is 17.0. The molecule has 0 bridgehead atoms. The highest BCUT2D eigenvalue weighted by molar-refractivity contribution is 6.35. The zero-order valence-electron chi connectivity index (χ0n) is 23.8. The van der Waals surface area contributed by atoms with Gasteiger partial charge in [0.05, 0.1) is 12.6 Å². The van der Waals surface area contributed by atoms with Crippen LogP contribution < -0.4 is 10.2 Å². The summed E-state index contributed by atoms with van der Waals surface area (Å²) in [6.45, 7) is 3.68. The first kappa shape index (κ1) is 29.9. The third-order valence-electron chi connectivity index (χ3n) is 8.46. The Bertz CT molecular complexity index is 1410. The fourth-order valence-corrected chi connectivity index (χ4v) is 6.67. The molecule has 2 aliphatic rings. The lowest BCUT2D eigenvalue weighted by molar-refractivity contribution is -0.140. The lowest BCUT2D eigenvalue weighted by Crippen LogP contribution is -2.58. The van der Waals surface area contributed by atoms with Crippen molar-refractivity contribution in [3.8, 4) is 0 Å². The molecule has 1 spiro atoms. The van der Waals surface area contributed by atoms with E-state index in [1.54, 1.807) is 17.0 Å². The predicted molar refractivity (Wildman–Crippen MR) is 167 cm³/mol. The second-order valence-electron chi connectivity index (χ2n) is 11.0. The average Bonchev–Trinajstić information content (AvgIpc) is 3.26. The van der Waals surface area contributed by atoms with E-state index >= 15 is 0 Å². The van der Waals surface area contributed by atoms with E-state index in [0.717, 1.165) is 16.8 Å². The Morgan fingerprint density at radius 3 is 2.26 bits per heavy atom. The van der Waals surface area contributed by atoms with Crippen molar-refractivity contribution < 1.29 is 14.4 Å². The molecule has 0 aromatic heterocycles. The Balaban J connectivity index is 1.26. The number of rotatable bonds is 9. The van der Waals surface area contributed by atoms with Crippen LogP contribution in [0.5, 0.6) is 0 Å². The third kappa shape index (κ3) is 6.27. The molecular formula is C33H36Cl2N4O3. The molecule has 2 aliphatic heterocycles. The fraction of sp³-hybridized carbons (Fsp3) is 0.364. The Labute approximate surface area is 257 Å². The van der Waals surface area contributed by atoms with E-state index in [1.165, 1.54) is 0 Å². The molecule has 3 amide bonds. The maximum atomic E-state index is 14.0. The Hall–Kier alpha value is -3.55. The minimum atomic E-state index is -0.802. The molecule has 0 radical (unpaired) electrons. The van der Waals surface area contributed by atoms with Gasteiger partial charge in [-0.3, -0.25) is 14.4 Å². The van der Waals surface area contributed by atoms with Gasteiger partial charge in [0.1, 0.15) is 12.1 Å². The highest BCUT2D eigenvalue weighted by atomic mass is 35.5. The van der Waals surface area contributed by atoms with Crippen molar-refractivity contribution >= 4 is 46.6 Å². The number of piperidine rings is 1. The molecule has 5 rings (SSSR count). The standard InChI is InChI=1S/C33H36Cl2N4O3/c1-2-28(24-9-5-3-6-10-24)31(41)37-19-16-33(17-20-37)32(42)38(23-39(33)27-11-7-4-8-12-27)22-30(40)36-18-15-25-13-14-26(34)21-29(25)35/h3-14,21,28H,2,15-20,22-23H2,1H3,(H,36,40). The Kier molecular flexibility index (Phi) is 9.39. The lowest BCUT2D eigenvalue weighted by atomic mass is 9.84. The number of likely N-dealkylation sites (tertiary alicyclic amines) is 1. The maximum Gasteiger partial charge on any atom is 0.250 e. The fourth-order valence-electron chi connectivity index (χ4n) is 6.17. The summed E-state index contributed by atoms with van der Waals surface area (Å²) < 4.78 is 0. The molecule has 3 aromatic rings. The van der Waals surface area contributed by atoms with Gasteiger partial charge >= 0.3 is 0 Å². The van der Waals surface area contributed by atoms with Crippen molar-refractivity contribution in [2.75, 3.05) is 37.7 Å². The largest absolute Gasteiger partial charge is 0.354 e. The first-order valence-electron chi connectivity index (χ1n) is 14.5. The lowest BCUT2D eigenvalue weighted by Gasteiger charge is -2.44. The molecule has 0 aliphatic carbocycles. The van der Waals surface area contributed by atoms with Crippen LogP contribution in [-0.2, 0) is 20.8 Å². The SMILES string of the molecule is CCC(C(=O)N1CCC2(CC1)C(=O)N(CC(=O)NCCc1ccc(Cl)cc1Cl)CN2c1ccccc1)c1ccccc1. The van der Waals surface area contributed by atoms with Gasteiger partial charge in [-0.1, -0.05) is 84.7 Å². The van der Waals surface area contributed by atoms with Crippen LogP contribution in [-0.4, -0.2) is 65.9 Å². The van der Waals surface area contributed by atoms with Crippen LogP contribution in [0.15, 0.2) is 78.9 Å². The number of benzene rings is 3. The summed E-state index contributed by atoms with van der Waals surface area (Å²) in [5.41, 5.74) is 2.04. The summed E-state index contributed by atoms with van der Waals surface area (Å²) >= 11 is 12.2. The number of nitrogens with zero attached hydrogens (tertiary/aromatic N) is 3. The van der Waals surface area contributed by atoms with Gasteiger partial charge in [-0.25, -0.2) is 0 Å². The minimum Gasteiger partial charge on any atom is -0.354 e. The van der Waals surface area contributed by atoms with Crippen molar-refractivity contribution in [2.24, 2.45) is 0 Å². The molecule has 7 nitrogen and oxygen atoms in total. The van der Waals surface area contributed by atoms with Crippen molar-refractivity contribution in [2.45, 2.75) is 44.1 Å². The van der Waals surface area contributed by atoms with E-state index in [0.29, 0.717) is 62.0 Å². The number of carbonyl (C=O) groups is 3. The van der Waals surface area contributed by atoms with Gasteiger partial charge in [-0.15, -0.1) is 0 Å². The van der Waals surface area contributed by atoms with Gasteiger partial charge in [-0.05, 0) is 61.1 Å². The van der Waals surface area contributed by atoms with E-state index in [1.807, 2.05) is 78.6 Å². The molecule has 0 saturated carbocycles. The molecule has 9 heteroatoms. The summed E-state index contributed by atoms with van der Waals surface area (Å²) in [6, 6.07) is 25.0. The van der Waals surface area contributed by atoms with Crippen LogP contribution in [0.3, 0.4) is 0 Å². The molecule has 1 unspecified atom stereocenters. The van der Waals surface area contributed by atoms with E-state index in [9.17, 15) is 14.4 Å². The topological polar surface area (TPSA) is 73.0 Å². The summed E-state index contributed by atoms with van der Waals surface area (Å²) in [5, 5.41) is 4.05. The van der Waals surface area contributed by atoms with E-state index in [-0.39, 0.29) is 30.2 Å². The second kappa shape index (κ2) is 13.2. The number of hydrogen-bond donors (Lipinski definition) is 1. The number of hydrogen-bond acceptors (Lipinski definition) is 4. The molecule has 220 valence electrons. The molecule has 2 saturated heterocycles. The van der Waals surface area contributed by atoms with E-state index in [4.69, 9.17) is 23.2 Å². The predicted octanol–water partition coefficient (Wildman–Crippen LogP) is 5.51. The summed E-state index contributed by atoms with van der Waals surface area (Å²) in [6.07, 6.45) is 2.28. The summed E-state index contributed by atoms with van der Waals surface area (Å²) in [4.78, 5) is 46.2. The molecule has 42 heavy (non-hydrogen) atoms. The minimum absolute atomic E-state index is 0.0349. The Morgan fingerprint density at radius 2 is 1.62 bits per heavy atom. The van der Waals surface area contributed by atoms with Crippen molar-refractivity contribution in [3.63, 3.8) is 0 Å². The third-order valence-corrected chi connectivity index (χ3v) is 9.05. The number of amides is 3. The molecular weight excluding hydrogens is 571 g/mol. The van der Waals surface area contributed by atoms with Gasteiger partial charge in [0.2, 0.25) is 11.8 Å². The zero-order valence-corrected chi connectivity index (χ0v) is 25.3. The smallest absolute Gasteiger partial charge is 0.250 e. The molecule has 1 atom stereocenters. The highest BCUT2D eigenvalue weighted by Crippen LogP contribution is 2.40. The molecule has 3 aromatic carbocycles. The highest BCUT2D eigenvalue weighted by Gasteiger charge is 2.54. The van der Waals surface area contributed by atoms with Crippen LogP contribution >= 0.6 is 23.2 Å². The number of anilines is 1. The monoisotopic (exact) mass is 606 g/mol. The van der Waals surface area contributed by atoms with Gasteiger partial charge in [-0.2, -0.15) is 0 Å². The van der Waals surface area contributed by atoms with E-state index in [2.05, 4.69) is 10.2 Å². The van der Waals surface area contributed by atoms with Crippen LogP contribution in [0, 0.1) is 0 Å². The number of nitrogens with one attached hydrogen (secondary N) is 1. The summed E-state index contributed by atoms with van der Waals surface area (Å²) in [5.74, 6) is -0.385. The van der Waals surface area contributed by atoms with Crippen LogP contribution in [0.2, 0.25) is 10.0 Å². The van der Waals surface area contributed by atoms with Crippen LogP contribution in [0.1, 0.15) is 43.2 Å². The maximum absolute atomic E-state index is 14.0. The molecule has 1 N–H and O–H groups in total. The average molecular weight is 608 g/mol.